The van der Waals surface area contributed by atoms with E-state index < -0.39 is 0 Å². The summed E-state index contributed by atoms with van der Waals surface area (Å²) in [7, 11) is 0. The van der Waals surface area contributed by atoms with Gasteiger partial charge < -0.3 is 0 Å². The summed E-state index contributed by atoms with van der Waals surface area (Å²) in [5.74, 6) is 0. The Morgan fingerprint density at radius 2 is 1.40 bits per heavy atom. The smallest absolute Gasteiger partial charge is 0.0606 e. The molecule has 2 heteroatoms. The second-order valence-electron chi connectivity index (χ2n) is 6.00. The first-order valence-corrected chi connectivity index (χ1v) is 6.27. The lowest BCUT2D eigenvalue weighted by molar-refractivity contribution is 0.0655. The molecule has 0 aliphatic carbocycles. The fourth-order valence-corrected chi connectivity index (χ4v) is 3.50. The molecule has 2 unspecified atom stereocenters. The molecule has 0 N–H and O–H groups in total. The third kappa shape index (κ3) is 1.94. The number of nitrogens with zero attached hydrogens (tertiary/aromatic N) is 2. The lowest BCUT2D eigenvalue weighted by Gasteiger charge is -2.38. The molecular formula is C13H28N2. The first kappa shape index (κ1) is 13.0. The molecule has 15 heavy (non-hydrogen) atoms. The maximum Gasteiger partial charge on any atom is 0.0606 e. The van der Waals surface area contributed by atoms with Gasteiger partial charge in [-0.3, -0.25) is 9.80 Å². The standard InChI is InChI=1S/C13H28N2/c1-9(2)14-11(5)13(7,8)15(10(3)4)12(14)6/h9-12H,1-8H3. The fraction of sp³-hybridized carbons (Fsp3) is 1.00. The third-order valence-corrected chi connectivity index (χ3v) is 4.12. The van der Waals surface area contributed by atoms with E-state index in [1.807, 2.05) is 0 Å². The van der Waals surface area contributed by atoms with Crippen LogP contribution in [0.15, 0.2) is 0 Å². The van der Waals surface area contributed by atoms with Crippen molar-refractivity contribution in [2.24, 2.45) is 0 Å². The van der Waals surface area contributed by atoms with Crippen molar-refractivity contribution in [3.8, 4) is 0 Å². The Kier molecular flexibility index (Phi) is 3.52. The summed E-state index contributed by atoms with van der Waals surface area (Å²) in [5, 5.41) is 0. The van der Waals surface area contributed by atoms with Crippen molar-refractivity contribution in [1.82, 2.24) is 9.80 Å². The van der Waals surface area contributed by atoms with Gasteiger partial charge in [-0.25, -0.2) is 0 Å². The van der Waals surface area contributed by atoms with E-state index in [9.17, 15) is 0 Å². The maximum atomic E-state index is 2.64. The summed E-state index contributed by atoms with van der Waals surface area (Å²) in [6, 6.07) is 1.86. The van der Waals surface area contributed by atoms with E-state index in [0.29, 0.717) is 24.3 Å². The molecule has 0 saturated carbocycles. The van der Waals surface area contributed by atoms with Crippen LogP contribution in [0, 0.1) is 0 Å². The molecule has 2 nitrogen and oxygen atoms in total. The monoisotopic (exact) mass is 212 g/mol. The molecule has 0 bridgehead atoms. The summed E-state index contributed by atoms with van der Waals surface area (Å²) in [5.41, 5.74) is 0.276. The average molecular weight is 212 g/mol. The number of hydrogen-bond donors (Lipinski definition) is 0. The topological polar surface area (TPSA) is 6.48 Å². The van der Waals surface area contributed by atoms with Crippen LogP contribution in [0.5, 0.6) is 0 Å². The predicted octanol–water partition coefficient (Wildman–Crippen LogP) is 2.93. The van der Waals surface area contributed by atoms with Gasteiger partial charge in [0.15, 0.2) is 0 Å². The summed E-state index contributed by atoms with van der Waals surface area (Å²) in [6.45, 7) is 18.6. The molecule has 0 aromatic heterocycles. The normalized spacial score (nSPS) is 33.2. The van der Waals surface area contributed by atoms with Crippen LogP contribution in [-0.2, 0) is 0 Å². The maximum absolute atomic E-state index is 2.64. The van der Waals surface area contributed by atoms with Crippen molar-refractivity contribution in [3.63, 3.8) is 0 Å². The van der Waals surface area contributed by atoms with Crippen molar-refractivity contribution < 1.29 is 0 Å². The zero-order valence-corrected chi connectivity index (χ0v) is 11.7. The van der Waals surface area contributed by atoms with Gasteiger partial charge in [-0.1, -0.05) is 0 Å². The van der Waals surface area contributed by atoms with E-state index in [1.165, 1.54) is 0 Å². The summed E-state index contributed by atoms with van der Waals surface area (Å²) >= 11 is 0. The molecule has 1 fully saturated rings. The Bertz CT molecular complexity index is 221. The molecule has 0 amide bonds. The van der Waals surface area contributed by atoms with Crippen molar-refractivity contribution >= 4 is 0 Å². The molecule has 1 rings (SSSR count). The summed E-state index contributed by atoms with van der Waals surface area (Å²) in [4.78, 5) is 5.26. The molecule has 1 saturated heterocycles. The van der Waals surface area contributed by atoms with Crippen LogP contribution in [0.3, 0.4) is 0 Å². The number of rotatable bonds is 2. The molecule has 1 aliphatic heterocycles. The van der Waals surface area contributed by atoms with E-state index in [1.54, 1.807) is 0 Å². The van der Waals surface area contributed by atoms with Gasteiger partial charge in [0.25, 0.3) is 0 Å². The van der Waals surface area contributed by atoms with Crippen LogP contribution in [0.2, 0.25) is 0 Å². The molecule has 2 atom stereocenters. The molecule has 0 spiro atoms. The zero-order valence-electron chi connectivity index (χ0n) is 11.7. The van der Waals surface area contributed by atoms with Crippen molar-refractivity contribution in [1.29, 1.82) is 0 Å². The van der Waals surface area contributed by atoms with Crippen molar-refractivity contribution in [3.05, 3.63) is 0 Å². The Balaban J connectivity index is 3.02. The average Bonchev–Trinajstić information content (AvgIpc) is 2.17. The molecular weight excluding hydrogens is 184 g/mol. The van der Waals surface area contributed by atoms with Crippen LogP contribution in [0.4, 0.5) is 0 Å². The molecule has 1 heterocycles. The fourth-order valence-electron chi connectivity index (χ4n) is 3.50. The van der Waals surface area contributed by atoms with Gasteiger partial charge in [0.2, 0.25) is 0 Å². The molecule has 90 valence electrons. The molecule has 1 aliphatic rings. The zero-order chi connectivity index (χ0) is 12.0. The Morgan fingerprint density at radius 1 is 0.933 bits per heavy atom. The SMILES string of the molecule is CC(C)N1C(C)N(C(C)C)C(C)(C)C1C. The van der Waals surface area contributed by atoms with E-state index in [-0.39, 0.29) is 5.54 Å². The molecule has 0 radical (unpaired) electrons. The minimum atomic E-state index is 0.276. The van der Waals surface area contributed by atoms with Crippen LogP contribution >= 0.6 is 0 Å². The highest BCUT2D eigenvalue weighted by molar-refractivity contribution is 5.03. The molecule has 0 aromatic rings. The van der Waals surface area contributed by atoms with Gasteiger partial charge >= 0.3 is 0 Å². The van der Waals surface area contributed by atoms with E-state index in [0.717, 1.165) is 0 Å². The lowest BCUT2D eigenvalue weighted by Crippen LogP contribution is -2.49. The highest BCUT2D eigenvalue weighted by atomic mass is 15.5. The Hall–Kier alpha value is -0.0800. The largest absolute Gasteiger partial charge is 0.281 e. The van der Waals surface area contributed by atoms with Crippen LogP contribution in [-0.4, -0.2) is 39.6 Å². The minimum Gasteiger partial charge on any atom is -0.281 e. The predicted molar refractivity (Wildman–Crippen MR) is 67.0 cm³/mol. The Labute approximate surface area is 95.6 Å². The molecule has 0 aromatic carbocycles. The Morgan fingerprint density at radius 3 is 1.60 bits per heavy atom. The van der Waals surface area contributed by atoms with Crippen LogP contribution in [0.25, 0.3) is 0 Å². The van der Waals surface area contributed by atoms with Crippen molar-refractivity contribution in [2.75, 3.05) is 0 Å². The van der Waals surface area contributed by atoms with Gasteiger partial charge in [-0.05, 0) is 55.4 Å². The van der Waals surface area contributed by atoms with Crippen LogP contribution in [0.1, 0.15) is 55.4 Å². The van der Waals surface area contributed by atoms with Gasteiger partial charge in [0.05, 0.1) is 6.17 Å². The first-order valence-electron chi connectivity index (χ1n) is 6.27. The van der Waals surface area contributed by atoms with Crippen molar-refractivity contribution in [2.45, 2.75) is 85.2 Å². The number of hydrogen-bond acceptors (Lipinski definition) is 2. The quantitative estimate of drug-likeness (QED) is 0.694. The second-order valence-corrected chi connectivity index (χ2v) is 6.00. The lowest BCUT2D eigenvalue weighted by atomic mass is 9.94. The van der Waals surface area contributed by atoms with Gasteiger partial charge in [0.1, 0.15) is 0 Å². The second kappa shape index (κ2) is 4.06. The highest BCUT2D eigenvalue weighted by Gasteiger charge is 2.49. The highest BCUT2D eigenvalue weighted by Crippen LogP contribution is 2.37. The third-order valence-electron chi connectivity index (χ3n) is 4.12. The van der Waals surface area contributed by atoms with Gasteiger partial charge in [-0.15, -0.1) is 0 Å². The summed E-state index contributed by atoms with van der Waals surface area (Å²) in [6.07, 6.45) is 0.551. The van der Waals surface area contributed by atoms with E-state index in [2.05, 4.69) is 65.2 Å². The van der Waals surface area contributed by atoms with Gasteiger partial charge in [-0.2, -0.15) is 0 Å². The first-order chi connectivity index (χ1) is 6.71. The van der Waals surface area contributed by atoms with E-state index in [4.69, 9.17) is 0 Å². The van der Waals surface area contributed by atoms with E-state index >= 15 is 0 Å². The summed E-state index contributed by atoms with van der Waals surface area (Å²) < 4.78 is 0. The minimum absolute atomic E-state index is 0.276. The van der Waals surface area contributed by atoms with Crippen LogP contribution < -0.4 is 0 Å². The van der Waals surface area contributed by atoms with Gasteiger partial charge in [0, 0.05) is 23.7 Å².